The largest absolute Gasteiger partial charge is 1.00 e. The second kappa shape index (κ2) is 12.5. The second-order valence-electron chi connectivity index (χ2n) is 7.81. The Balaban J connectivity index is 0.00000544. The zero-order valence-corrected chi connectivity index (χ0v) is 20.1. The van der Waals surface area contributed by atoms with Crippen LogP contribution in [0.2, 0.25) is 0 Å². The number of rotatable bonds is 8. The summed E-state index contributed by atoms with van der Waals surface area (Å²) in [4.78, 5) is 23.5. The maximum Gasteiger partial charge on any atom is 1.00 e. The van der Waals surface area contributed by atoms with Crippen molar-refractivity contribution in [3.8, 4) is 0 Å². The number of ether oxygens (including phenoxy) is 3. The van der Waals surface area contributed by atoms with E-state index in [1.54, 1.807) is 0 Å². The summed E-state index contributed by atoms with van der Waals surface area (Å²) in [5.41, 5.74) is 5.99. The molecule has 0 spiro atoms. The minimum absolute atomic E-state index is 0. The first-order valence-electron chi connectivity index (χ1n) is 9.75. The van der Waals surface area contributed by atoms with Crippen molar-refractivity contribution in [2.24, 2.45) is 5.73 Å². The molecule has 0 aliphatic carbocycles. The van der Waals surface area contributed by atoms with Gasteiger partial charge in [0.1, 0.15) is 48.7 Å². The van der Waals surface area contributed by atoms with E-state index < -0.39 is 98.4 Å². The maximum atomic E-state index is 12.0. The Morgan fingerprint density at radius 3 is 2.33 bits per heavy atom. The van der Waals surface area contributed by atoms with Gasteiger partial charge in [-0.15, -0.1) is 0 Å². The molecule has 2 heterocycles. The third kappa shape index (κ3) is 6.80. The molecule has 2 rings (SSSR count). The molecule has 0 aromatic heterocycles. The summed E-state index contributed by atoms with van der Waals surface area (Å²) in [5.74, 6) is -5.24. The smallest absolute Gasteiger partial charge is 0.544 e. The fraction of sp³-hybridized carbons (Fsp3) is 0.882. The molecule has 0 saturated carbocycles. The van der Waals surface area contributed by atoms with E-state index in [4.69, 9.17) is 25.1 Å². The van der Waals surface area contributed by atoms with Crippen LogP contribution in [0.25, 0.3) is 0 Å². The molecule has 2 unspecified atom stereocenters. The van der Waals surface area contributed by atoms with Gasteiger partial charge in [-0.2, -0.15) is 0 Å². The van der Waals surface area contributed by atoms with Crippen molar-refractivity contribution in [1.82, 2.24) is 5.32 Å². The first-order chi connectivity index (χ1) is 14.8. The minimum atomic E-state index is -2.68. The number of carboxylic acid groups (broad SMARTS) is 1. The number of hydrogen-bond donors (Lipinski definition) is 9. The van der Waals surface area contributed by atoms with Gasteiger partial charge in [-0.05, 0) is 0 Å². The van der Waals surface area contributed by atoms with Crippen LogP contribution in [-0.2, 0) is 23.8 Å². The van der Waals surface area contributed by atoms with E-state index in [0.29, 0.717) is 0 Å². The van der Waals surface area contributed by atoms with Crippen LogP contribution in [-0.4, -0.2) is 128 Å². The molecule has 2 fully saturated rings. The molecule has 15 nitrogen and oxygen atoms in total. The quantitative estimate of drug-likeness (QED) is 0.142. The van der Waals surface area contributed by atoms with Gasteiger partial charge in [0.25, 0.3) is 0 Å². The van der Waals surface area contributed by atoms with Crippen LogP contribution in [0.15, 0.2) is 0 Å². The molecule has 33 heavy (non-hydrogen) atoms. The van der Waals surface area contributed by atoms with Crippen molar-refractivity contribution in [2.45, 2.75) is 80.2 Å². The van der Waals surface area contributed by atoms with Gasteiger partial charge in [0.2, 0.25) is 11.7 Å². The number of nitrogens with one attached hydrogen (secondary N) is 1. The van der Waals surface area contributed by atoms with Crippen molar-refractivity contribution in [2.75, 3.05) is 13.2 Å². The van der Waals surface area contributed by atoms with Crippen molar-refractivity contribution < 1.29 is 94.2 Å². The van der Waals surface area contributed by atoms with Gasteiger partial charge in [0.05, 0.1) is 19.3 Å². The van der Waals surface area contributed by atoms with Crippen LogP contribution in [0.1, 0.15) is 13.3 Å². The molecular formula is C17H29N2NaO13. The predicted molar refractivity (Wildman–Crippen MR) is 96.8 cm³/mol. The summed E-state index contributed by atoms with van der Waals surface area (Å²) in [6.45, 7) is -0.607. The molecule has 2 aliphatic heterocycles. The number of hydrogen-bond acceptors (Lipinski definition) is 14. The Morgan fingerprint density at radius 2 is 1.82 bits per heavy atom. The average Bonchev–Trinajstić information content (AvgIpc) is 2.73. The molecule has 0 bridgehead atoms. The van der Waals surface area contributed by atoms with E-state index in [9.17, 15) is 45.3 Å². The van der Waals surface area contributed by atoms with Crippen LogP contribution in [0.3, 0.4) is 0 Å². The Kier molecular flexibility index (Phi) is 11.5. The van der Waals surface area contributed by atoms with Crippen molar-refractivity contribution in [1.29, 1.82) is 0 Å². The standard InChI is InChI=1S/C17H30N2O13.Na/c1-5(21)19-9-6(18)2-17(16(28)29,32-14(9)10(23)7(22)3-20)30-4-8-11(24)12(25)13(26)15(27)31-8;/h6-15,20,22-27H,2-4,18H2,1H3,(H,19,21)(H,28,29);/q;+1/p-1/t6-,7?,8+,9-,10?,11-,12-,13+,14-,15+,17+;/m0./s1. The third-order valence-electron chi connectivity index (χ3n) is 5.41. The molecular weight excluding hydrogens is 463 g/mol. The van der Waals surface area contributed by atoms with Crippen LogP contribution in [0, 0.1) is 0 Å². The number of carboxylic acids is 1. The summed E-state index contributed by atoms with van der Waals surface area (Å²) >= 11 is 0. The van der Waals surface area contributed by atoms with Gasteiger partial charge in [0.15, 0.2) is 6.29 Å². The molecule has 1 amide bonds. The number of aliphatic hydroxyl groups excluding tert-OH is 7. The van der Waals surface area contributed by atoms with Gasteiger partial charge in [-0.25, -0.2) is 0 Å². The van der Waals surface area contributed by atoms with Gasteiger partial charge in [0, 0.05) is 19.4 Å². The molecule has 0 aromatic carbocycles. The molecule has 186 valence electrons. The Morgan fingerprint density at radius 1 is 1.21 bits per heavy atom. The maximum absolute atomic E-state index is 12.0. The summed E-state index contributed by atoms with van der Waals surface area (Å²) in [6.07, 6.45) is -14.9. The molecule has 16 heteroatoms. The minimum Gasteiger partial charge on any atom is -0.544 e. The van der Waals surface area contributed by atoms with E-state index >= 15 is 0 Å². The molecule has 2 aliphatic rings. The zero-order chi connectivity index (χ0) is 24.4. The summed E-state index contributed by atoms with van der Waals surface area (Å²) in [6, 6.07) is -2.42. The van der Waals surface area contributed by atoms with Crippen LogP contribution < -0.4 is 45.7 Å². The monoisotopic (exact) mass is 492 g/mol. The summed E-state index contributed by atoms with van der Waals surface area (Å²) in [7, 11) is 0. The normalized spacial score (nSPS) is 40.9. The molecule has 10 N–H and O–H groups in total. The Bertz CT molecular complexity index is 675. The fourth-order valence-corrected chi connectivity index (χ4v) is 3.62. The Hall–Kier alpha value is -0.500. The van der Waals surface area contributed by atoms with E-state index in [1.165, 1.54) is 0 Å². The van der Waals surface area contributed by atoms with Crippen LogP contribution in [0.4, 0.5) is 0 Å². The SMILES string of the molecule is CC(=O)N[C@@H]1[C@@H](C(O)C(O)CO)O[C@@](OC[C@H]2O[C@@H](O)[C@H](O)[C@@H](O)[C@H]2O)(C(=O)[O-])C[C@@H]1N.[Na+]. The van der Waals surface area contributed by atoms with E-state index in [0.717, 1.165) is 6.92 Å². The number of aliphatic carboxylic acids is 1. The average molecular weight is 492 g/mol. The first kappa shape index (κ1) is 30.5. The number of nitrogens with two attached hydrogens (primary N) is 1. The topological polar surface area (TPSA) is 265 Å². The number of carbonyl (C=O) groups is 2. The van der Waals surface area contributed by atoms with Crippen LogP contribution >= 0.6 is 0 Å². The van der Waals surface area contributed by atoms with Gasteiger partial charge >= 0.3 is 29.6 Å². The zero-order valence-electron chi connectivity index (χ0n) is 18.1. The number of aliphatic hydroxyl groups is 7. The Labute approximate surface area is 210 Å². The number of carbonyl (C=O) groups excluding carboxylic acids is 2. The molecule has 0 radical (unpaired) electrons. The summed E-state index contributed by atoms with van der Waals surface area (Å²) < 4.78 is 15.6. The van der Waals surface area contributed by atoms with Crippen LogP contribution in [0.5, 0.6) is 0 Å². The van der Waals surface area contributed by atoms with Crippen molar-refractivity contribution in [3.63, 3.8) is 0 Å². The van der Waals surface area contributed by atoms with Gasteiger partial charge < -0.3 is 70.9 Å². The third-order valence-corrected chi connectivity index (χ3v) is 5.41. The predicted octanol–water partition coefficient (Wildman–Crippen LogP) is -10.4. The van der Waals surface area contributed by atoms with Crippen molar-refractivity contribution >= 4 is 11.9 Å². The van der Waals surface area contributed by atoms with E-state index in [-0.39, 0.29) is 29.6 Å². The van der Waals surface area contributed by atoms with Crippen molar-refractivity contribution in [3.05, 3.63) is 0 Å². The van der Waals surface area contributed by atoms with E-state index in [2.05, 4.69) is 5.32 Å². The van der Waals surface area contributed by atoms with E-state index in [1.807, 2.05) is 0 Å². The van der Waals surface area contributed by atoms with Gasteiger partial charge in [-0.3, -0.25) is 4.79 Å². The molecule has 11 atom stereocenters. The summed E-state index contributed by atoms with van der Waals surface area (Å²) in [5, 5.41) is 82.5. The molecule has 0 aromatic rings. The first-order valence-corrected chi connectivity index (χ1v) is 9.75. The number of amides is 1. The molecule has 2 saturated heterocycles. The second-order valence-corrected chi connectivity index (χ2v) is 7.81. The van der Waals surface area contributed by atoms with Gasteiger partial charge in [-0.1, -0.05) is 0 Å². The fourth-order valence-electron chi connectivity index (χ4n) is 3.62.